The van der Waals surface area contributed by atoms with E-state index in [0.717, 1.165) is 9.54 Å². The van der Waals surface area contributed by atoms with Crippen LogP contribution >= 0.6 is 11.6 Å². The number of hydrogen-bond acceptors (Lipinski definition) is 6. The number of hydrogen-bond donors (Lipinski definition) is 2. The summed E-state index contributed by atoms with van der Waals surface area (Å²) >= 11 is 6.19. The van der Waals surface area contributed by atoms with Crippen molar-refractivity contribution in [1.29, 1.82) is 0 Å². The molecule has 0 aliphatic heterocycles. The third-order valence-electron chi connectivity index (χ3n) is 5.98. The number of benzene rings is 1. The number of fused-ring (bicyclic) bond motifs is 1. The van der Waals surface area contributed by atoms with Gasteiger partial charge in [0.2, 0.25) is 12.2 Å². The highest BCUT2D eigenvalue weighted by atomic mass is 35.5. The molecule has 3 aromatic heterocycles. The Kier molecular flexibility index (Phi) is 8.17. The van der Waals surface area contributed by atoms with Crippen molar-refractivity contribution in [2.45, 2.75) is 44.4 Å². The van der Waals surface area contributed by atoms with Crippen LogP contribution in [0.25, 0.3) is 22.2 Å². The number of amides is 1. The van der Waals surface area contributed by atoms with Crippen molar-refractivity contribution < 1.29 is 26.4 Å². The van der Waals surface area contributed by atoms with Crippen LogP contribution in [0.5, 0.6) is 0 Å². The Balaban J connectivity index is 1.75. The van der Waals surface area contributed by atoms with Gasteiger partial charge in [0.25, 0.3) is 16.4 Å². The van der Waals surface area contributed by atoms with Crippen molar-refractivity contribution in [3.63, 3.8) is 0 Å². The first kappa shape index (κ1) is 28.4. The second kappa shape index (κ2) is 11.2. The molecule has 0 saturated heterocycles. The maximum absolute atomic E-state index is 13.5. The monoisotopic (exact) mass is 579 g/mol. The number of anilines is 1. The second-order valence-corrected chi connectivity index (χ2v) is 11.5. The summed E-state index contributed by atoms with van der Waals surface area (Å²) in [4.78, 5) is 21.0. The fraction of sp³-hybridized carbons (Fsp3) is 0.269. The lowest BCUT2D eigenvalue weighted by atomic mass is 10.0. The van der Waals surface area contributed by atoms with Gasteiger partial charge >= 0.3 is 0 Å². The highest BCUT2D eigenvalue weighted by Gasteiger charge is 2.29. The van der Waals surface area contributed by atoms with E-state index in [0.29, 0.717) is 22.2 Å². The van der Waals surface area contributed by atoms with Crippen LogP contribution in [-0.4, -0.2) is 47.0 Å². The van der Waals surface area contributed by atoms with Gasteiger partial charge < -0.3 is 10.6 Å². The van der Waals surface area contributed by atoms with Crippen molar-refractivity contribution in [1.82, 2.24) is 19.3 Å². The van der Waals surface area contributed by atoms with Gasteiger partial charge in [0, 0.05) is 41.3 Å². The van der Waals surface area contributed by atoms with E-state index in [1.54, 1.807) is 43.4 Å². The SMILES string of the molecule is Cc1ccc(S(=O)(=O)n2cc(-c3cncc(NC(C(=O)NC(F)C(F)F)C(C)C)c3)c3cc(Cl)cnc32)cc1. The molecule has 1 amide bonds. The van der Waals surface area contributed by atoms with Gasteiger partial charge in [-0.2, -0.15) is 0 Å². The molecule has 2 atom stereocenters. The first-order valence-electron chi connectivity index (χ1n) is 11.8. The molecule has 13 heteroatoms. The molecule has 0 fully saturated rings. The Morgan fingerprint density at radius 1 is 1.05 bits per heavy atom. The number of nitrogens with one attached hydrogen (secondary N) is 2. The maximum Gasteiger partial charge on any atom is 0.287 e. The fourth-order valence-corrected chi connectivity index (χ4v) is 5.44. The van der Waals surface area contributed by atoms with Gasteiger partial charge in [-0.3, -0.25) is 9.78 Å². The van der Waals surface area contributed by atoms with E-state index in [9.17, 15) is 26.4 Å². The minimum Gasteiger partial charge on any atom is -0.372 e. The van der Waals surface area contributed by atoms with Crippen molar-refractivity contribution >= 4 is 44.3 Å². The lowest BCUT2D eigenvalue weighted by Crippen LogP contribution is -2.47. The molecule has 1 aromatic carbocycles. The molecule has 4 rings (SSSR count). The maximum atomic E-state index is 13.5. The van der Waals surface area contributed by atoms with Gasteiger partial charge in [-0.15, -0.1) is 0 Å². The quantitative estimate of drug-likeness (QED) is 0.257. The molecule has 206 valence electrons. The van der Waals surface area contributed by atoms with E-state index in [1.807, 2.05) is 6.92 Å². The number of rotatable bonds is 9. The van der Waals surface area contributed by atoms with Crippen molar-refractivity contribution in [2.75, 3.05) is 5.32 Å². The molecule has 0 saturated carbocycles. The lowest BCUT2D eigenvalue weighted by Gasteiger charge is -2.23. The van der Waals surface area contributed by atoms with E-state index in [-0.39, 0.29) is 15.6 Å². The van der Waals surface area contributed by atoms with Crippen molar-refractivity contribution in [2.24, 2.45) is 5.92 Å². The van der Waals surface area contributed by atoms with E-state index < -0.39 is 40.6 Å². The zero-order chi connectivity index (χ0) is 28.5. The van der Waals surface area contributed by atoms with Crippen LogP contribution in [0.3, 0.4) is 0 Å². The molecule has 0 radical (unpaired) electrons. The fourth-order valence-electron chi connectivity index (χ4n) is 3.96. The average molecular weight is 580 g/mol. The standard InChI is InChI=1S/C26H25ClF3N5O3S/c1-14(2)22(26(36)34-24(30)23(28)29)33-18-8-16(10-31-12-18)21-13-35(25-20(21)9-17(27)11-32-25)39(37,38)19-6-4-15(3)5-7-19/h4-14,22-24,33H,1-3H3,(H,34,36). The number of alkyl halides is 3. The van der Waals surface area contributed by atoms with Crippen LogP contribution < -0.4 is 10.6 Å². The third-order valence-corrected chi connectivity index (χ3v) is 7.85. The second-order valence-electron chi connectivity index (χ2n) is 9.25. The molecule has 3 heterocycles. The predicted octanol–water partition coefficient (Wildman–Crippen LogP) is 5.41. The minimum absolute atomic E-state index is 0.0718. The summed E-state index contributed by atoms with van der Waals surface area (Å²) in [5.74, 6) is -1.34. The summed E-state index contributed by atoms with van der Waals surface area (Å²) in [6, 6.07) is 8.52. The van der Waals surface area contributed by atoms with Gasteiger partial charge in [-0.1, -0.05) is 43.1 Å². The highest BCUT2D eigenvalue weighted by molar-refractivity contribution is 7.90. The molecule has 2 unspecified atom stereocenters. The van der Waals surface area contributed by atoms with Crippen LogP contribution in [-0.2, 0) is 14.8 Å². The zero-order valence-corrected chi connectivity index (χ0v) is 22.6. The number of carbonyl (C=O) groups excluding carboxylic acids is 1. The largest absolute Gasteiger partial charge is 0.372 e. The molecule has 2 N–H and O–H groups in total. The minimum atomic E-state index is -4.03. The summed E-state index contributed by atoms with van der Waals surface area (Å²) in [5.41, 5.74) is 2.28. The highest BCUT2D eigenvalue weighted by Crippen LogP contribution is 2.34. The third kappa shape index (κ3) is 6.01. The molecule has 0 aliphatic rings. The average Bonchev–Trinajstić information content (AvgIpc) is 3.27. The van der Waals surface area contributed by atoms with Gasteiger partial charge in [0.05, 0.1) is 15.6 Å². The molecule has 8 nitrogen and oxygen atoms in total. The normalized spacial score (nSPS) is 13.6. The van der Waals surface area contributed by atoms with E-state index in [2.05, 4.69) is 15.3 Å². The zero-order valence-electron chi connectivity index (χ0n) is 21.1. The summed E-state index contributed by atoms with van der Waals surface area (Å²) in [6.07, 6.45) is -0.520. The Bertz CT molecular complexity index is 1610. The number of halogens is 4. The van der Waals surface area contributed by atoms with Gasteiger partial charge in [-0.25, -0.2) is 30.5 Å². The summed E-state index contributed by atoms with van der Waals surface area (Å²) in [6.45, 7) is 5.18. The molecular weight excluding hydrogens is 555 g/mol. The summed E-state index contributed by atoms with van der Waals surface area (Å²) in [5, 5.41) is 5.30. The number of aryl methyl sites for hydroxylation is 1. The van der Waals surface area contributed by atoms with Crippen molar-refractivity contribution in [3.05, 3.63) is 71.8 Å². The molecule has 39 heavy (non-hydrogen) atoms. The van der Waals surface area contributed by atoms with E-state index >= 15 is 0 Å². The van der Waals surface area contributed by atoms with Crippen LogP contribution in [0.1, 0.15) is 19.4 Å². The Labute approximate surface area is 228 Å². The van der Waals surface area contributed by atoms with Gasteiger partial charge in [-0.05, 0) is 37.1 Å². The van der Waals surface area contributed by atoms with E-state index in [4.69, 9.17) is 11.6 Å². The first-order valence-corrected chi connectivity index (χ1v) is 13.6. The molecule has 0 spiro atoms. The van der Waals surface area contributed by atoms with Crippen LogP contribution in [0.2, 0.25) is 5.02 Å². The van der Waals surface area contributed by atoms with E-state index in [1.165, 1.54) is 36.9 Å². The summed E-state index contributed by atoms with van der Waals surface area (Å²) < 4.78 is 66.8. The topological polar surface area (TPSA) is 106 Å². The summed E-state index contributed by atoms with van der Waals surface area (Å²) in [7, 11) is -4.03. The number of pyridine rings is 2. The van der Waals surface area contributed by atoms with Gasteiger partial charge in [0.1, 0.15) is 6.04 Å². The molecule has 0 aliphatic carbocycles. The Hall–Kier alpha value is -3.64. The lowest BCUT2D eigenvalue weighted by molar-refractivity contribution is -0.126. The Morgan fingerprint density at radius 3 is 2.38 bits per heavy atom. The molecule has 4 aromatic rings. The van der Waals surface area contributed by atoms with Crippen LogP contribution in [0.15, 0.2) is 66.1 Å². The molecule has 0 bridgehead atoms. The number of carbonyl (C=O) groups is 1. The predicted molar refractivity (Wildman–Crippen MR) is 143 cm³/mol. The first-order chi connectivity index (χ1) is 18.4. The smallest absolute Gasteiger partial charge is 0.287 e. The van der Waals surface area contributed by atoms with Crippen molar-refractivity contribution in [3.8, 4) is 11.1 Å². The van der Waals surface area contributed by atoms with Crippen LogP contribution in [0.4, 0.5) is 18.9 Å². The van der Waals surface area contributed by atoms with Gasteiger partial charge in [0.15, 0.2) is 5.65 Å². The number of aromatic nitrogens is 3. The van der Waals surface area contributed by atoms with Crippen LogP contribution in [0, 0.1) is 12.8 Å². The molecular formula is C26H25ClF3N5O3S. The number of nitrogens with zero attached hydrogens (tertiary/aromatic N) is 3. The Morgan fingerprint density at radius 2 is 1.74 bits per heavy atom.